The molecule has 0 bridgehead atoms. The Morgan fingerprint density at radius 1 is 1.04 bits per heavy atom. The normalized spacial score (nSPS) is 9.83. The van der Waals surface area contributed by atoms with E-state index in [9.17, 15) is 9.59 Å². The zero-order valence-electron chi connectivity index (χ0n) is 14.0. The minimum atomic E-state index is -0.0489. The zero-order chi connectivity index (χ0) is 16.2. The summed E-state index contributed by atoms with van der Waals surface area (Å²) in [5, 5.41) is 8.99. The van der Waals surface area contributed by atoms with Crippen molar-refractivity contribution in [3.63, 3.8) is 0 Å². The number of rotatable bonds is 10. The van der Waals surface area contributed by atoms with Crippen LogP contribution in [0.25, 0.3) is 0 Å². The number of carbonyl (C=O) groups excluding carboxylic acids is 2. The van der Waals surface area contributed by atoms with Crippen LogP contribution >= 0.6 is 12.4 Å². The number of benzene rings is 1. The fourth-order valence-corrected chi connectivity index (χ4v) is 2.03. The Kier molecular flexibility index (Phi) is 12.0. The average molecular weight is 342 g/mol. The molecule has 23 heavy (non-hydrogen) atoms. The van der Waals surface area contributed by atoms with E-state index in [0.717, 1.165) is 30.8 Å². The highest BCUT2D eigenvalue weighted by molar-refractivity contribution is 5.91. The highest BCUT2D eigenvalue weighted by atomic mass is 35.5. The van der Waals surface area contributed by atoms with E-state index in [-0.39, 0.29) is 24.2 Å². The minimum absolute atomic E-state index is 0. The first-order valence-corrected chi connectivity index (χ1v) is 8.02. The number of para-hydroxylation sites is 1. The summed E-state index contributed by atoms with van der Waals surface area (Å²) in [5.74, 6) is -0.0329. The Hall–Kier alpha value is -1.59. The molecule has 0 radical (unpaired) electrons. The summed E-state index contributed by atoms with van der Waals surface area (Å²) in [7, 11) is 0. The molecule has 5 nitrogen and oxygen atoms in total. The molecular weight excluding hydrogens is 314 g/mol. The van der Waals surface area contributed by atoms with Gasteiger partial charge >= 0.3 is 0 Å². The lowest BCUT2D eigenvalue weighted by Gasteiger charge is -2.11. The Morgan fingerprint density at radius 2 is 1.74 bits per heavy atom. The molecular formula is C17H28ClN3O2. The predicted octanol–water partition coefficient (Wildman–Crippen LogP) is 2.85. The number of nitrogens with one attached hydrogen (secondary N) is 3. The third kappa shape index (κ3) is 9.21. The van der Waals surface area contributed by atoms with E-state index in [1.165, 1.54) is 0 Å². The molecule has 0 aliphatic rings. The molecule has 0 atom stereocenters. The van der Waals surface area contributed by atoms with Gasteiger partial charge in [-0.25, -0.2) is 0 Å². The van der Waals surface area contributed by atoms with E-state index in [1.54, 1.807) is 0 Å². The van der Waals surface area contributed by atoms with Crippen molar-refractivity contribution in [3.8, 4) is 0 Å². The van der Waals surface area contributed by atoms with Crippen LogP contribution in [-0.4, -0.2) is 24.9 Å². The summed E-state index contributed by atoms with van der Waals surface area (Å²) < 4.78 is 0. The Bertz CT molecular complexity index is 481. The summed E-state index contributed by atoms with van der Waals surface area (Å²) in [6, 6.07) is 7.76. The van der Waals surface area contributed by atoms with Gasteiger partial charge < -0.3 is 16.0 Å². The van der Waals surface area contributed by atoms with Crippen molar-refractivity contribution in [3.05, 3.63) is 29.8 Å². The van der Waals surface area contributed by atoms with Gasteiger partial charge in [0, 0.05) is 31.6 Å². The number of hydrogen-bond donors (Lipinski definition) is 3. The molecule has 0 saturated heterocycles. The van der Waals surface area contributed by atoms with E-state index in [1.807, 2.05) is 38.1 Å². The molecule has 0 aliphatic carbocycles. The SMILES string of the molecule is CCCNC(=O)CCCC(=O)Nc1ccccc1CNCC.Cl. The van der Waals surface area contributed by atoms with Gasteiger partial charge in [0.05, 0.1) is 0 Å². The van der Waals surface area contributed by atoms with Crippen LogP contribution in [0.2, 0.25) is 0 Å². The second-order valence-corrected chi connectivity index (χ2v) is 5.19. The van der Waals surface area contributed by atoms with Crippen molar-refractivity contribution in [1.29, 1.82) is 0 Å². The minimum Gasteiger partial charge on any atom is -0.356 e. The smallest absolute Gasteiger partial charge is 0.224 e. The third-order valence-corrected chi connectivity index (χ3v) is 3.24. The molecule has 0 heterocycles. The second-order valence-electron chi connectivity index (χ2n) is 5.19. The largest absolute Gasteiger partial charge is 0.356 e. The van der Waals surface area contributed by atoms with Crippen LogP contribution in [0.5, 0.6) is 0 Å². The summed E-state index contributed by atoms with van der Waals surface area (Å²) in [6.45, 7) is 6.37. The van der Waals surface area contributed by atoms with E-state index in [2.05, 4.69) is 16.0 Å². The fourth-order valence-electron chi connectivity index (χ4n) is 2.03. The molecule has 1 aromatic rings. The standard InChI is InChI=1S/C17H27N3O2.ClH/c1-3-12-19-16(21)10-7-11-17(22)20-15-9-6-5-8-14(15)13-18-4-2;/h5-6,8-9,18H,3-4,7,10-13H2,1-2H3,(H,19,21)(H,20,22);1H. The monoisotopic (exact) mass is 341 g/mol. The summed E-state index contributed by atoms with van der Waals surface area (Å²) in [4.78, 5) is 23.4. The zero-order valence-corrected chi connectivity index (χ0v) is 14.8. The van der Waals surface area contributed by atoms with E-state index < -0.39 is 0 Å². The van der Waals surface area contributed by atoms with Crippen molar-refractivity contribution >= 4 is 29.9 Å². The van der Waals surface area contributed by atoms with Gasteiger partial charge in [-0.05, 0) is 31.0 Å². The van der Waals surface area contributed by atoms with Crippen molar-refractivity contribution in [2.75, 3.05) is 18.4 Å². The first-order chi connectivity index (χ1) is 10.7. The third-order valence-electron chi connectivity index (χ3n) is 3.24. The molecule has 0 saturated carbocycles. The number of amides is 2. The van der Waals surface area contributed by atoms with Gasteiger partial charge in [-0.2, -0.15) is 0 Å². The molecule has 0 aliphatic heterocycles. The number of anilines is 1. The molecule has 0 fully saturated rings. The molecule has 3 N–H and O–H groups in total. The topological polar surface area (TPSA) is 70.2 Å². The first kappa shape index (κ1) is 21.4. The molecule has 0 spiro atoms. The lowest BCUT2D eigenvalue weighted by Crippen LogP contribution is -2.24. The van der Waals surface area contributed by atoms with Crippen LogP contribution < -0.4 is 16.0 Å². The van der Waals surface area contributed by atoms with Gasteiger partial charge in [0.15, 0.2) is 0 Å². The molecule has 6 heteroatoms. The van der Waals surface area contributed by atoms with Gasteiger partial charge in [-0.1, -0.05) is 32.0 Å². The van der Waals surface area contributed by atoms with Crippen molar-refractivity contribution in [1.82, 2.24) is 10.6 Å². The molecule has 1 aromatic carbocycles. The van der Waals surface area contributed by atoms with E-state index in [4.69, 9.17) is 0 Å². The van der Waals surface area contributed by atoms with Crippen LogP contribution in [0.4, 0.5) is 5.69 Å². The second kappa shape index (κ2) is 12.9. The van der Waals surface area contributed by atoms with E-state index in [0.29, 0.717) is 25.8 Å². The predicted molar refractivity (Wildman–Crippen MR) is 96.9 cm³/mol. The molecule has 2 amide bonds. The summed E-state index contributed by atoms with van der Waals surface area (Å²) in [6.07, 6.45) is 2.24. The number of halogens is 1. The van der Waals surface area contributed by atoms with Gasteiger partial charge in [-0.3, -0.25) is 9.59 Å². The Balaban J connectivity index is 0.00000484. The summed E-state index contributed by atoms with van der Waals surface area (Å²) in [5.41, 5.74) is 1.90. The van der Waals surface area contributed by atoms with Gasteiger partial charge in [-0.15, -0.1) is 12.4 Å². The molecule has 0 unspecified atom stereocenters. The van der Waals surface area contributed by atoms with Gasteiger partial charge in [0.25, 0.3) is 0 Å². The molecule has 0 aromatic heterocycles. The highest BCUT2D eigenvalue weighted by Gasteiger charge is 2.07. The number of carbonyl (C=O) groups is 2. The lowest BCUT2D eigenvalue weighted by atomic mass is 10.1. The van der Waals surface area contributed by atoms with Crippen LogP contribution in [0.1, 0.15) is 45.1 Å². The van der Waals surface area contributed by atoms with Crippen LogP contribution in [0, 0.1) is 0 Å². The maximum absolute atomic E-state index is 12.0. The van der Waals surface area contributed by atoms with Crippen molar-refractivity contribution in [2.45, 2.75) is 46.1 Å². The first-order valence-electron chi connectivity index (χ1n) is 8.02. The van der Waals surface area contributed by atoms with Crippen LogP contribution in [0.15, 0.2) is 24.3 Å². The summed E-state index contributed by atoms with van der Waals surface area (Å²) >= 11 is 0. The fraction of sp³-hybridized carbons (Fsp3) is 0.529. The van der Waals surface area contributed by atoms with Crippen molar-refractivity contribution in [2.24, 2.45) is 0 Å². The van der Waals surface area contributed by atoms with Gasteiger partial charge in [0.2, 0.25) is 11.8 Å². The van der Waals surface area contributed by atoms with Crippen molar-refractivity contribution < 1.29 is 9.59 Å². The van der Waals surface area contributed by atoms with E-state index >= 15 is 0 Å². The number of hydrogen-bond acceptors (Lipinski definition) is 3. The molecule has 1 rings (SSSR count). The van der Waals surface area contributed by atoms with Crippen LogP contribution in [-0.2, 0) is 16.1 Å². The van der Waals surface area contributed by atoms with Gasteiger partial charge in [0.1, 0.15) is 0 Å². The maximum atomic E-state index is 12.0. The lowest BCUT2D eigenvalue weighted by molar-refractivity contribution is -0.121. The Labute approximate surface area is 145 Å². The Morgan fingerprint density at radius 3 is 2.43 bits per heavy atom. The maximum Gasteiger partial charge on any atom is 0.224 e. The average Bonchev–Trinajstić information content (AvgIpc) is 2.52. The highest BCUT2D eigenvalue weighted by Crippen LogP contribution is 2.15. The van der Waals surface area contributed by atoms with Crippen LogP contribution in [0.3, 0.4) is 0 Å². The quantitative estimate of drug-likeness (QED) is 0.613. The molecule has 130 valence electrons.